The number of halogens is 1. The van der Waals surface area contributed by atoms with Gasteiger partial charge in [0, 0.05) is 12.2 Å². The van der Waals surface area contributed by atoms with E-state index in [1.54, 1.807) is 13.0 Å². The average molecular weight is 277 g/mol. The fourth-order valence-corrected chi connectivity index (χ4v) is 1.76. The lowest BCUT2D eigenvalue weighted by Crippen LogP contribution is -2.38. The van der Waals surface area contributed by atoms with Crippen LogP contribution in [0.25, 0.3) is 0 Å². The van der Waals surface area contributed by atoms with Crippen molar-refractivity contribution in [3.63, 3.8) is 0 Å². The third-order valence-corrected chi connectivity index (χ3v) is 2.94. The van der Waals surface area contributed by atoms with Gasteiger partial charge in [-0.15, -0.1) is 0 Å². The number of amides is 1. The molecule has 1 atom stereocenters. The minimum Gasteiger partial charge on any atom is -0.374 e. The van der Waals surface area contributed by atoms with Crippen molar-refractivity contribution in [2.24, 2.45) is 0 Å². The summed E-state index contributed by atoms with van der Waals surface area (Å²) in [5.74, 6) is -0.668. The lowest BCUT2D eigenvalue weighted by molar-refractivity contribution is -0.121. The predicted octanol–water partition coefficient (Wildman–Crippen LogP) is 2.80. The number of hydrogen-bond acceptors (Lipinski definition) is 3. The van der Waals surface area contributed by atoms with E-state index in [0.29, 0.717) is 12.2 Å². The first-order valence-corrected chi connectivity index (χ1v) is 6.82. The second kappa shape index (κ2) is 8.16. The van der Waals surface area contributed by atoms with Crippen molar-refractivity contribution >= 4 is 11.6 Å². The topological polar surface area (TPSA) is 64.9 Å². The highest BCUT2D eigenvalue weighted by Gasteiger charge is 2.12. The van der Waals surface area contributed by atoms with Crippen LogP contribution >= 0.6 is 0 Å². The van der Waals surface area contributed by atoms with E-state index in [0.717, 1.165) is 19.3 Å². The van der Waals surface area contributed by atoms with E-state index >= 15 is 0 Å². The van der Waals surface area contributed by atoms with Crippen molar-refractivity contribution in [3.05, 3.63) is 29.6 Å². The van der Waals surface area contributed by atoms with Crippen LogP contribution in [0.15, 0.2) is 18.2 Å². The number of carbonyl (C=O) groups is 1. The SMILES string of the molecule is CCCCCNC(=O)C(C)Nc1ccc(F)c(C#N)c1. The zero-order valence-corrected chi connectivity index (χ0v) is 11.9. The van der Waals surface area contributed by atoms with Gasteiger partial charge in [-0.1, -0.05) is 19.8 Å². The Hall–Kier alpha value is -2.09. The lowest BCUT2D eigenvalue weighted by Gasteiger charge is -2.15. The van der Waals surface area contributed by atoms with Crippen LogP contribution in [0.3, 0.4) is 0 Å². The van der Waals surface area contributed by atoms with Crippen LogP contribution in [0.2, 0.25) is 0 Å². The Bertz CT molecular complexity index is 496. The Labute approximate surface area is 119 Å². The molecule has 108 valence electrons. The molecule has 0 aliphatic heterocycles. The Morgan fingerprint density at radius 1 is 1.45 bits per heavy atom. The Morgan fingerprint density at radius 2 is 2.20 bits per heavy atom. The Morgan fingerprint density at radius 3 is 2.85 bits per heavy atom. The summed E-state index contributed by atoms with van der Waals surface area (Å²) in [4.78, 5) is 11.8. The van der Waals surface area contributed by atoms with Crippen LogP contribution < -0.4 is 10.6 Å². The molecule has 0 fully saturated rings. The van der Waals surface area contributed by atoms with Crippen molar-refractivity contribution in [3.8, 4) is 6.07 Å². The largest absolute Gasteiger partial charge is 0.374 e. The quantitative estimate of drug-likeness (QED) is 0.753. The van der Waals surface area contributed by atoms with Gasteiger partial charge >= 0.3 is 0 Å². The molecule has 4 nitrogen and oxygen atoms in total. The Balaban J connectivity index is 2.51. The molecule has 1 unspecified atom stereocenters. The Kier molecular flexibility index (Phi) is 6.51. The molecule has 1 aromatic rings. The van der Waals surface area contributed by atoms with Gasteiger partial charge in [-0.3, -0.25) is 4.79 Å². The van der Waals surface area contributed by atoms with Gasteiger partial charge in [-0.25, -0.2) is 4.39 Å². The molecule has 0 aliphatic rings. The van der Waals surface area contributed by atoms with Crippen molar-refractivity contribution in [1.29, 1.82) is 5.26 Å². The molecular formula is C15H20FN3O. The minimum absolute atomic E-state index is 0.0365. The third kappa shape index (κ3) is 4.88. The van der Waals surface area contributed by atoms with Crippen molar-refractivity contribution in [2.45, 2.75) is 39.2 Å². The van der Waals surface area contributed by atoms with Gasteiger partial charge in [0.1, 0.15) is 17.9 Å². The van der Waals surface area contributed by atoms with Crippen LogP contribution in [-0.2, 0) is 4.79 Å². The number of anilines is 1. The molecule has 5 heteroatoms. The first-order chi connectivity index (χ1) is 9.58. The van der Waals surface area contributed by atoms with Crippen molar-refractivity contribution < 1.29 is 9.18 Å². The van der Waals surface area contributed by atoms with E-state index in [4.69, 9.17) is 5.26 Å². The van der Waals surface area contributed by atoms with E-state index in [2.05, 4.69) is 17.6 Å². The summed E-state index contributed by atoms with van der Waals surface area (Å²) in [5.41, 5.74) is 0.518. The van der Waals surface area contributed by atoms with Gasteiger partial charge in [0.05, 0.1) is 5.56 Å². The molecular weight excluding hydrogens is 257 g/mol. The van der Waals surface area contributed by atoms with E-state index in [1.807, 2.05) is 0 Å². The van der Waals surface area contributed by atoms with Crippen LogP contribution in [0.4, 0.5) is 10.1 Å². The molecule has 0 saturated carbocycles. The molecule has 0 aliphatic carbocycles. The van der Waals surface area contributed by atoms with Gasteiger partial charge in [-0.2, -0.15) is 5.26 Å². The number of benzene rings is 1. The number of carbonyl (C=O) groups excluding carboxylic acids is 1. The zero-order chi connectivity index (χ0) is 15.0. The third-order valence-electron chi connectivity index (χ3n) is 2.94. The maximum atomic E-state index is 13.2. The van der Waals surface area contributed by atoms with Crippen LogP contribution in [0.1, 0.15) is 38.7 Å². The highest BCUT2D eigenvalue weighted by atomic mass is 19.1. The summed E-state index contributed by atoms with van der Waals surface area (Å²) in [6, 6.07) is 5.46. The molecule has 2 N–H and O–H groups in total. The minimum atomic E-state index is -0.560. The summed E-state index contributed by atoms with van der Waals surface area (Å²) >= 11 is 0. The number of nitrogens with zero attached hydrogens (tertiary/aromatic N) is 1. The van der Waals surface area contributed by atoms with Gasteiger partial charge < -0.3 is 10.6 Å². The second-order valence-electron chi connectivity index (χ2n) is 4.67. The van der Waals surface area contributed by atoms with Crippen molar-refractivity contribution in [1.82, 2.24) is 5.32 Å². The summed E-state index contributed by atoms with van der Waals surface area (Å²) in [7, 11) is 0. The lowest BCUT2D eigenvalue weighted by atomic mass is 10.2. The summed E-state index contributed by atoms with van der Waals surface area (Å²) in [6.45, 7) is 4.49. The van der Waals surface area contributed by atoms with Crippen LogP contribution in [0, 0.1) is 17.1 Å². The molecule has 0 spiro atoms. The zero-order valence-electron chi connectivity index (χ0n) is 11.9. The highest BCUT2D eigenvalue weighted by Crippen LogP contribution is 2.14. The van der Waals surface area contributed by atoms with E-state index in [1.165, 1.54) is 18.2 Å². The maximum absolute atomic E-state index is 13.2. The number of nitriles is 1. The van der Waals surface area contributed by atoms with Crippen LogP contribution in [0.5, 0.6) is 0 Å². The fraction of sp³-hybridized carbons (Fsp3) is 0.467. The molecule has 0 heterocycles. The second-order valence-corrected chi connectivity index (χ2v) is 4.67. The molecule has 0 aromatic heterocycles. The molecule has 1 amide bonds. The average Bonchev–Trinajstić information content (AvgIpc) is 2.45. The normalized spacial score (nSPS) is 11.5. The van der Waals surface area contributed by atoms with Crippen LogP contribution in [-0.4, -0.2) is 18.5 Å². The first kappa shape index (κ1) is 16.0. The molecule has 1 aromatic carbocycles. The summed E-state index contributed by atoms with van der Waals surface area (Å²) in [6.07, 6.45) is 3.16. The monoisotopic (exact) mass is 277 g/mol. The number of hydrogen-bond donors (Lipinski definition) is 2. The summed E-state index contributed by atoms with van der Waals surface area (Å²) in [5, 5.41) is 14.5. The standard InChI is InChI=1S/C15H20FN3O/c1-3-4-5-8-18-15(20)11(2)19-13-6-7-14(16)12(9-13)10-17/h6-7,9,11,19H,3-5,8H2,1-2H3,(H,18,20). The highest BCUT2D eigenvalue weighted by molar-refractivity contribution is 5.84. The molecule has 0 radical (unpaired) electrons. The van der Waals surface area contributed by atoms with Gasteiger partial charge in [-0.05, 0) is 31.5 Å². The molecule has 0 bridgehead atoms. The van der Waals surface area contributed by atoms with Gasteiger partial charge in [0.2, 0.25) is 5.91 Å². The van der Waals surface area contributed by atoms with E-state index in [-0.39, 0.29) is 11.5 Å². The van der Waals surface area contributed by atoms with E-state index in [9.17, 15) is 9.18 Å². The number of nitrogens with one attached hydrogen (secondary N) is 2. The molecule has 20 heavy (non-hydrogen) atoms. The first-order valence-electron chi connectivity index (χ1n) is 6.82. The van der Waals surface area contributed by atoms with Crippen molar-refractivity contribution in [2.75, 3.05) is 11.9 Å². The maximum Gasteiger partial charge on any atom is 0.242 e. The molecule has 1 rings (SSSR count). The predicted molar refractivity (Wildman–Crippen MR) is 76.7 cm³/mol. The molecule has 0 saturated heterocycles. The summed E-state index contributed by atoms with van der Waals surface area (Å²) < 4.78 is 13.2. The van der Waals surface area contributed by atoms with Gasteiger partial charge in [0.15, 0.2) is 0 Å². The number of rotatable bonds is 7. The van der Waals surface area contributed by atoms with E-state index < -0.39 is 11.9 Å². The number of unbranched alkanes of at least 4 members (excludes halogenated alkanes) is 2. The van der Waals surface area contributed by atoms with Gasteiger partial charge in [0.25, 0.3) is 0 Å². The smallest absolute Gasteiger partial charge is 0.242 e. The fourth-order valence-electron chi connectivity index (χ4n) is 1.76.